The Bertz CT molecular complexity index is 993. The Morgan fingerprint density at radius 3 is 2.67 bits per heavy atom. The minimum atomic E-state index is 0.0817. The molecule has 140 valence electrons. The number of fused-ring (bicyclic) bond motifs is 1. The van der Waals surface area contributed by atoms with Gasteiger partial charge in [0.05, 0.1) is 16.8 Å². The molecular weight excluding hydrogens is 338 g/mol. The van der Waals surface area contributed by atoms with Gasteiger partial charge in [-0.25, -0.2) is 0 Å². The van der Waals surface area contributed by atoms with Gasteiger partial charge in [0.25, 0.3) is 5.91 Å². The molecule has 1 aromatic carbocycles. The van der Waals surface area contributed by atoms with Crippen molar-refractivity contribution in [2.75, 3.05) is 31.1 Å². The Labute approximate surface area is 159 Å². The van der Waals surface area contributed by atoms with Gasteiger partial charge in [0, 0.05) is 56.2 Å². The van der Waals surface area contributed by atoms with Crippen molar-refractivity contribution >= 4 is 22.5 Å². The van der Waals surface area contributed by atoms with Crippen LogP contribution in [0.2, 0.25) is 0 Å². The van der Waals surface area contributed by atoms with Crippen molar-refractivity contribution in [3.05, 3.63) is 53.5 Å². The summed E-state index contributed by atoms with van der Waals surface area (Å²) in [6, 6.07) is 10.4. The number of hydrogen-bond acceptors (Lipinski definition) is 4. The van der Waals surface area contributed by atoms with E-state index in [1.54, 1.807) is 4.68 Å². The van der Waals surface area contributed by atoms with E-state index in [1.807, 2.05) is 38.1 Å². The number of aromatic nitrogens is 3. The van der Waals surface area contributed by atoms with Gasteiger partial charge >= 0.3 is 0 Å². The summed E-state index contributed by atoms with van der Waals surface area (Å²) in [5.41, 5.74) is 4.75. The zero-order valence-corrected chi connectivity index (χ0v) is 16.1. The Kier molecular flexibility index (Phi) is 4.56. The summed E-state index contributed by atoms with van der Waals surface area (Å²) in [5, 5.41) is 5.48. The number of anilines is 1. The van der Waals surface area contributed by atoms with E-state index in [4.69, 9.17) is 0 Å². The van der Waals surface area contributed by atoms with Gasteiger partial charge in [-0.05, 0) is 32.4 Å². The second kappa shape index (κ2) is 7.02. The molecule has 1 aliphatic rings. The highest BCUT2D eigenvalue weighted by Gasteiger charge is 2.23. The van der Waals surface area contributed by atoms with Crippen LogP contribution in [-0.4, -0.2) is 51.8 Å². The fraction of sp³-hybridized carbons (Fsp3) is 0.381. The average molecular weight is 363 g/mol. The van der Waals surface area contributed by atoms with Gasteiger partial charge < -0.3 is 9.80 Å². The Hall–Kier alpha value is -2.89. The lowest BCUT2D eigenvalue weighted by atomic mass is 10.1. The second-order valence-electron chi connectivity index (χ2n) is 7.23. The number of carbonyl (C=O) groups is 1. The molecule has 0 spiro atoms. The van der Waals surface area contributed by atoms with Gasteiger partial charge in [-0.3, -0.25) is 14.5 Å². The molecule has 0 saturated carbocycles. The third kappa shape index (κ3) is 3.39. The predicted octanol–water partition coefficient (Wildman–Crippen LogP) is 2.94. The summed E-state index contributed by atoms with van der Waals surface area (Å²) in [4.78, 5) is 21.9. The fourth-order valence-electron chi connectivity index (χ4n) is 3.89. The third-order valence-electron chi connectivity index (χ3n) is 5.19. The lowest BCUT2D eigenvalue weighted by Gasteiger charge is -2.25. The van der Waals surface area contributed by atoms with E-state index in [2.05, 4.69) is 39.2 Å². The zero-order valence-electron chi connectivity index (χ0n) is 16.1. The number of pyridine rings is 1. The van der Waals surface area contributed by atoms with Crippen molar-refractivity contribution in [2.45, 2.75) is 20.3 Å². The van der Waals surface area contributed by atoms with E-state index in [9.17, 15) is 4.79 Å². The third-order valence-corrected chi connectivity index (χ3v) is 5.19. The first-order valence-corrected chi connectivity index (χ1v) is 9.44. The predicted molar refractivity (Wildman–Crippen MR) is 107 cm³/mol. The van der Waals surface area contributed by atoms with E-state index >= 15 is 0 Å². The van der Waals surface area contributed by atoms with Crippen LogP contribution in [0.3, 0.4) is 0 Å². The Morgan fingerprint density at radius 1 is 1.07 bits per heavy atom. The molecule has 6 nitrogen and oxygen atoms in total. The topological polar surface area (TPSA) is 54.3 Å². The molecule has 1 fully saturated rings. The van der Waals surface area contributed by atoms with Gasteiger partial charge in [-0.1, -0.05) is 18.2 Å². The quantitative estimate of drug-likeness (QED) is 0.702. The summed E-state index contributed by atoms with van der Waals surface area (Å²) in [6.45, 7) is 7.16. The molecule has 4 rings (SSSR count). The van der Waals surface area contributed by atoms with Crippen molar-refractivity contribution in [1.29, 1.82) is 0 Å². The van der Waals surface area contributed by atoms with Crippen LogP contribution in [0.4, 0.5) is 5.69 Å². The van der Waals surface area contributed by atoms with Crippen LogP contribution in [0.5, 0.6) is 0 Å². The molecule has 0 unspecified atom stereocenters. The molecule has 0 bridgehead atoms. The lowest BCUT2D eigenvalue weighted by molar-refractivity contribution is 0.0766. The van der Waals surface area contributed by atoms with E-state index in [1.165, 1.54) is 11.1 Å². The SMILES string of the molecule is Cc1cc(N2CCCN(C(=O)c3cn(C)nc3C)CC2)c2ccccc2n1. The summed E-state index contributed by atoms with van der Waals surface area (Å²) < 4.78 is 1.71. The fourth-order valence-corrected chi connectivity index (χ4v) is 3.89. The largest absolute Gasteiger partial charge is 0.369 e. The molecule has 27 heavy (non-hydrogen) atoms. The molecule has 0 radical (unpaired) electrons. The van der Waals surface area contributed by atoms with Gasteiger partial charge in [0.2, 0.25) is 0 Å². The average Bonchev–Trinajstić information content (AvgIpc) is 2.84. The van der Waals surface area contributed by atoms with Crippen LogP contribution in [0.25, 0.3) is 10.9 Å². The molecule has 0 atom stereocenters. The van der Waals surface area contributed by atoms with Gasteiger partial charge in [0.1, 0.15) is 0 Å². The second-order valence-corrected chi connectivity index (χ2v) is 7.23. The van der Waals surface area contributed by atoms with Gasteiger partial charge in [-0.15, -0.1) is 0 Å². The maximum absolute atomic E-state index is 12.9. The van der Waals surface area contributed by atoms with Gasteiger partial charge in [-0.2, -0.15) is 5.10 Å². The lowest BCUT2D eigenvalue weighted by Crippen LogP contribution is -2.35. The van der Waals surface area contributed by atoms with Crippen molar-refractivity contribution in [1.82, 2.24) is 19.7 Å². The Balaban J connectivity index is 1.57. The summed E-state index contributed by atoms with van der Waals surface area (Å²) >= 11 is 0. The van der Waals surface area contributed by atoms with Crippen LogP contribution < -0.4 is 4.90 Å². The molecule has 1 aliphatic heterocycles. The molecule has 3 aromatic rings. The number of carbonyl (C=O) groups excluding carboxylic acids is 1. The number of rotatable bonds is 2. The number of amides is 1. The Morgan fingerprint density at radius 2 is 1.89 bits per heavy atom. The highest BCUT2D eigenvalue weighted by molar-refractivity contribution is 5.95. The molecule has 0 aliphatic carbocycles. The molecule has 6 heteroatoms. The molecule has 0 N–H and O–H groups in total. The minimum absolute atomic E-state index is 0.0817. The summed E-state index contributed by atoms with van der Waals surface area (Å²) in [6.07, 6.45) is 2.76. The van der Waals surface area contributed by atoms with Gasteiger partial charge in [0.15, 0.2) is 0 Å². The number of benzene rings is 1. The number of nitrogens with zero attached hydrogens (tertiary/aromatic N) is 5. The molecular formula is C21H25N5O. The summed E-state index contributed by atoms with van der Waals surface area (Å²) in [5.74, 6) is 0.0817. The maximum Gasteiger partial charge on any atom is 0.257 e. The van der Waals surface area contributed by atoms with Crippen molar-refractivity contribution in [2.24, 2.45) is 7.05 Å². The number of hydrogen-bond donors (Lipinski definition) is 0. The highest BCUT2D eigenvalue weighted by Crippen LogP contribution is 2.27. The highest BCUT2D eigenvalue weighted by atomic mass is 16.2. The van der Waals surface area contributed by atoms with E-state index in [-0.39, 0.29) is 5.91 Å². The number of aryl methyl sites for hydroxylation is 3. The van der Waals surface area contributed by atoms with Crippen LogP contribution in [0.1, 0.15) is 28.2 Å². The van der Waals surface area contributed by atoms with Crippen LogP contribution >= 0.6 is 0 Å². The van der Waals surface area contributed by atoms with E-state index in [0.29, 0.717) is 12.1 Å². The minimum Gasteiger partial charge on any atom is -0.369 e. The number of para-hydroxylation sites is 1. The first-order chi connectivity index (χ1) is 13.0. The first kappa shape index (κ1) is 17.5. The first-order valence-electron chi connectivity index (χ1n) is 9.44. The van der Waals surface area contributed by atoms with Crippen molar-refractivity contribution in [3.8, 4) is 0 Å². The van der Waals surface area contributed by atoms with E-state index < -0.39 is 0 Å². The molecule has 2 aromatic heterocycles. The van der Waals surface area contributed by atoms with Crippen molar-refractivity contribution < 1.29 is 4.79 Å². The van der Waals surface area contributed by atoms with Crippen LogP contribution in [0, 0.1) is 13.8 Å². The molecule has 1 amide bonds. The normalized spacial score (nSPS) is 15.2. The van der Waals surface area contributed by atoms with Crippen LogP contribution in [0.15, 0.2) is 36.5 Å². The summed E-state index contributed by atoms with van der Waals surface area (Å²) in [7, 11) is 1.85. The zero-order chi connectivity index (χ0) is 19.0. The van der Waals surface area contributed by atoms with E-state index in [0.717, 1.165) is 43.0 Å². The standard InChI is InChI=1S/C21H25N5O/c1-15-13-20(17-7-4-5-8-19(17)22-15)25-9-6-10-26(12-11-25)21(27)18-14-24(3)23-16(18)2/h4-5,7-8,13-14H,6,9-12H2,1-3H3. The smallest absolute Gasteiger partial charge is 0.257 e. The molecule has 3 heterocycles. The van der Waals surface area contributed by atoms with Crippen molar-refractivity contribution in [3.63, 3.8) is 0 Å². The molecule has 1 saturated heterocycles. The monoisotopic (exact) mass is 363 g/mol. The van der Waals surface area contributed by atoms with Crippen LogP contribution in [-0.2, 0) is 7.05 Å². The maximum atomic E-state index is 12.9.